The number of hydrogen-bond acceptors (Lipinski definition) is 2. The SMILES string of the molecule is O=C(CCNc1ccccc1F)NCCc1ccccc1F. The van der Waals surface area contributed by atoms with Gasteiger partial charge in [-0.25, -0.2) is 8.78 Å². The lowest BCUT2D eigenvalue weighted by Crippen LogP contribution is -2.27. The van der Waals surface area contributed by atoms with Gasteiger partial charge in [-0.3, -0.25) is 4.79 Å². The summed E-state index contributed by atoms with van der Waals surface area (Å²) >= 11 is 0. The number of rotatable bonds is 7. The zero-order valence-electron chi connectivity index (χ0n) is 12.1. The molecule has 0 saturated heterocycles. The summed E-state index contributed by atoms with van der Waals surface area (Å²) in [7, 11) is 0. The molecular formula is C17H18F2N2O. The van der Waals surface area contributed by atoms with Crippen LogP contribution in [-0.2, 0) is 11.2 Å². The minimum Gasteiger partial charge on any atom is -0.382 e. The van der Waals surface area contributed by atoms with Gasteiger partial charge in [-0.1, -0.05) is 30.3 Å². The van der Waals surface area contributed by atoms with Gasteiger partial charge in [0.25, 0.3) is 0 Å². The van der Waals surface area contributed by atoms with Crippen LogP contribution in [0.2, 0.25) is 0 Å². The van der Waals surface area contributed by atoms with E-state index in [1.807, 2.05) is 0 Å². The van der Waals surface area contributed by atoms with E-state index in [0.717, 1.165) is 0 Å². The van der Waals surface area contributed by atoms with Gasteiger partial charge in [0.1, 0.15) is 11.6 Å². The van der Waals surface area contributed by atoms with Gasteiger partial charge in [-0.05, 0) is 30.2 Å². The largest absolute Gasteiger partial charge is 0.382 e. The number of amides is 1. The zero-order chi connectivity index (χ0) is 15.8. The van der Waals surface area contributed by atoms with Gasteiger partial charge in [-0.2, -0.15) is 0 Å². The van der Waals surface area contributed by atoms with E-state index >= 15 is 0 Å². The molecule has 2 N–H and O–H groups in total. The summed E-state index contributed by atoms with van der Waals surface area (Å²) in [5.74, 6) is -0.763. The molecule has 22 heavy (non-hydrogen) atoms. The second-order valence-corrected chi connectivity index (χ2v) is 4.85. The highest BCUT2D eigenvalue weighted by molar-refractivity contribution is 5.76. The molecule has 0 aliphatic carbocycles. The molecule has 3 nitrogen and oxygen atoms in total. The van der Waals surface area contributed by atoms with Crippen molar-refractivity contribution >= 4 is 11.6 Å². The number of carbonyl (C=O) groups is 1. The molecule has 2 rings (SSSR count). The van der Waals surface area contributed by atoms with Gasteiger partial charge in [0, 0.05) is 19.5 Å². The van der Waals surface area contributed by atoms with Gasteiger partial charge in [0.2, 0.25) is 5.91 Å². The average molecular weight is 304 g/mol. The van der Waals surface area contributed by atoms with Crippen LogP contribution < -0.4 is 10.6 Å². The number of benzene rings is 2. The summed E-state index contributed by atoms with van der Waals surface area (Å²) < 4.78 is 26.7. The predicted molar refractivity (Wildman–Crippen MR) is 82.6 cm³/mol. The quantitative estimate of drug-likeness (QED) is 0.825. The number of para-hydroxylation sites is 1. The van der Waals surface area contributed by atoms with Crippen molar-refractivity contribution in [3.63, 3.8) is 0 Å². The van der Waals surface area contributed by atoms with Gasteiger partial charge < -0.3 is 10.6 Å². The predicted octanol–water partition coefficient (Wildman–Crippen LogP) is 3.13. The Balaban J connectivity index is 1.66. The summed E-state index contributed by atoms with van der Waals surface area (Å²) in [6.45, 7) is 0.714. The van der Waals surface area contributed by atoms with E-state index < -0.39 is 0 Å². The van der Waals surface area contributed by atoms with E-state index in [2.05, 4.69) is 10.6 Å². The second-order valence-electron chi connectivity index (χ2n) is 4.85. The first-order valence-electron chi connectivity index (χ1n) is 7.15. The van der Waals surface area contributed by atoms with E-state index in [9.17, 15) is 13.6 Å². The number of nitrogens with one attached hydrogen (secondary N) is 2. The Morgan fingerprint density at radius 3 is 2.32 bits per heavy atom. The molecule has 0 spiro atoms. The van der Waals surface area contributed by atoms with Gasteiger partial charge in [-0.15, -0.1) is 0 Å². The summed E-state index contributed by atoms with van der Waals surface area (Å²) in [6.07, 6.45) is 0.671. The molecule has 0 radical (unpaired) electrons. The molecule has 0 unspecified atom stereocenters. The fourth-order valence-corrected chi connectivity index (χ4v) is 2.04. The van der Waals surface area contributed by atoms with Gasteiger partial charge in [0.15, 0.2) is 0 Å². The molecule has 0 aliphatic heterocycles. The number of hydrogen-bond donors (Lipinski definition) is 2. The molecule has 116 valence electrons. The van der Waals surface area contributed by atoms with Crippen LogP contribution in [0.4, 0.5) is 14.5 Å². The number of halogens is 2. The fourth-order valence-electron chi connectivity index (χ4n) is 2.04. The van der Waals surface area contributed by atoms with Crippen molar-refractivity contribution < 1.29 is 13.6 Å². The summed E-state index contributed by atoms with van der Waals surface area (Å²) in [4.78, 5) is 11.7. The molecule has 2 aromatic carbocycles. The lowest BCUT2D eigenvalue weighted by molar-refractivity contribution is -0.120. The van der Waals surface area contributed by atoms with E-state index in [-0.39, 0.29) is 24.0 Å². The molecule has 1 amide bonds. The molecule has 2 aromatic rings. The van der Waals surface area contributed by atoms with Crippen molar-refractivity contribution in [2.45, 2.75) is 12.8 Å². The van der Waals surface area contributed by atoms with Crippen molar-refractivity contribution in [1.82, 2.24) is 5.32 Å². The van der Waals surface area contributed by atoms with Crippen LogP contribution in [0.25, 0.3) is 0 Å². The van der Waals surface area contributed by atoms with Gasteiger partial charge >= 0.3 is 0 Å². The highest BCUT2D eigenvalue weighted by Gasteiger charge is 2.04. The second kappa shape index (κ2) is 8.12. The van der Waals surface area contributed by atoms with Crippen molar-refractivity contribution in [3.05, 3.63) is 65.7 Å². The molecule has 0 aromatic heterocycles. The Bertz CT molecular complexity index is 578. The minimum absolute atomic E-state index is 0.153. The average Bonchev–Trinajstić information content (AvgIpc) is 2.51. The summed E-state index contributed by atoms with van der Waals surface area (Å²) in [5, 5.41) is 5.59. The first kappa shape index (κ1) is 15.9. The Labute approximate surface area is 128 Å². The van der Waals surface area contributed by atoms with Crippen molar-refractivity contribution in [2.24, 2.45) is 0 Å². The first-order chi connectivity index (χ1) is 10.7. The maximum Gasteiger partial charge on any atom is 0.221 e. The van der Waals surface area contributed by atoms with Crippen LogP contribution in [0.15, 0.2) is 48.5 Å². The van der Waals surface area contributed by atoms with Crippen molar-refractivity contribution in [2.75, 3.05) is 18.4 Å². The number of carbonyl (C=O) groups excluding carboxylic acids is 1. The Kier molecular flexibility index (Phi) is 5.89. The molecule has 0 saturated carbocycles. The molecule has 5 heteroatoms. The lowest BCUT2D eigenvalue weighted by Gasteiger charge is -2.08. The normalized spacial score (nSPS) is 10.3. The van der Waals surface area contributed by atoms with Crippen LogP contribution in [0.5, 0.6) is 0 Å². The highest BCUT2D eigenvalue weighted by Crippen LogP contribution is 2.11. The molecule has 0 fully saturated rings. The van der Waals surface area contributed by atoms with Crippen molar-refractivity contribution in [1.29, 1.82) is 0 Å². The third-order valence-corrected chi connectivity index (χ3v) is 3.22. The molecule has 0 atom stereocenters. The first-order valence-corrected chi connectivity index (χ1v) is 7.15. The Morgan fingerprint density at radius 2 is 1.59 bits per heavy atom. The third kappa shape index (κ3) is 4.84. The van der Waals surface area contributed by atoms with E-state index in [4.69, 9.17) is 0 Å². The number of anilines is 1. The summed E-state index contributed by atoms with van der Waals surface area (Å²) in [6, 6.07) is 12.8. The van der Waals surface area contributed by atoms with Crippen LogP contribution >= 0.6 is 0 Å². The fraction of sp³-hybridized carbons (Fsp3) is 0.235. The van der Waals surface area contributed by atoms with E-state index in [1.54, 1.807) is 36.4 Å². The lowest BCUT2D eigenvalue weighted by atomic mass is 10.1. The molecule has 0 aliphatic rings. The van der Waals surface area contributed by atoms with Crippen LogP contribution in [0.1, 0.15) is 12.0 Å². The smallest absolute Gasteiger partial charge is 0.221 e. The monoisotopic (exact) mass is 304 g/mol. The minimum atomic E-state index is -0.345. The Hall–Kier alpha value is -2.43. The van der Waals surface area contributed by atoms with Crippen LogP contribution in [0.3, 0.4) is 0 Å². The maximum absolute atomic E-state index is 13.4. The molecule has 0 heterocycles. The van der Waals surface area contributed by atoms with Gasteiger partial charge in [0.05, 0.1) is 5.69 Å². The third-order valence-electron chi connectivity index (χ3n) is 3.22. The van der Waals surface area contributed by atoms with E-state index in [0.29, 0.717) is 30.8 Å². The van der Waals surface area contributed by atoms with Crippen molar-refractivity contribution in [3.8, 4) is 0 Å². The molecular weight excluding hydrogens is 286 g/mol. The highest BCUT2D eigenvalue weighted by atomic mass is 19.1. The van der Waals surface area contributed by atoms with Crippen LogP contribution in [-0.4, -0.2) is 19.0 Å². The van der Waals surface area contributed by atoms with Crippen LogP contribution in [0, 0.1) is 11.6 Å². The molecule has 0 bridgehead atoms. The maximum atomic E-state index is 13.4. The standard InChI is InChI=1S/C17H18F2N2O/c18-14-6-2-1-5-13(14)9-11-21-17(22)10-12-20-16-8-4-3-7-15(16)19/h1-8,20H,9-12H2,(H,21,22). The van der Waals surface area contributed by atoms with E-state index in [1.165, 1.54) is 12.1 Å². The topological polar surface area (TPSA) is 41.1 Å². The summed E-state index contributed by atoms with van der Waals surface area (Å²) in [5.41, 5.74) is 0.953. The Morgan fingerprint density at radius 1 is 0.909 bits per heavy atom. The zero-order valence-corrected chi connectivity index (χ0v) is 12.1.